The van der Waals surface area contributed by atoms with Gasteiger partial charge in [-0.05, 0) is 43.0 Å². The molecule has 3 N–H and O–H groups in total. The first-order valence-electron chi connectivity index (χ1n) is 9.71. The minimum absolute atomic E-state index is 0.157. The molecular formula is C21H24N4O3. The molecule has 0 radical (unpaired) electrons. The monoisotopic (exact) mass is 380 g/mol. The third-order valence-corrected chi connectivity index (χ3v) is 5.46. The van der Waals surface area contributed by atoms with Crippen LogP contribution >= 0.6 is 0 Å². The van der Waals surface area contributed by atoms with Gasteiger partial charge in [-0.15, -0.1) is 0 Å². The van der Waals surface area contributed by atoms with Crippen LogP contribution < -0.4 is 10.6 Å². The molecule has 1 aliphatic carbocycles. The number of carbonyl (C=O) groups is 2. The van der Waals surface area contributed by atoms with Crippen LogP contribution in [-0.4, -0.2) is 34.9 Å². The Bertz CT molecular complexity index is 984. The fourth-order valence-corrected chi connectivity index (χ4v) is 3.91. The number of amides is 2. The number of furan rings is 1. The fraction of sp³-hybridized carbons (Fsp3) is 0.381. The second kappa shape index (κ2) is 7.88. The minimum atomic E-state index is -0.542. The van der Waals surface area contributed by atoms with Crippen molar-refractivity contribution >= 4 is 22.7 Å². The van der Waals surface area contributed by atoms with Crippen molar-refractivity contribution in [2.45, 2.75) is 38.1 Å². The van der Waals surface area contributed by atoms with Crippen LogP contribution in [-0.2, 0) is 4.79 Å². The zero-order chi connectivity index (χ0) is 19.5. The number of aromatic amines is 1. The first kappa shape index (κ1) is 18.3. The predicted molar refractivity (Wildman–Crippen MR) is 106 cm³/mol. The highest BCUT2D eigenvalue weighted by Crippen LogP contribution is 2.27. The zero-order valence-electron chi connectivity index (χ0n) is 15.8. The van der Waals surface area contributed by atoms with Crippen LogP contribution in [0.4, 0.5) is 0 Å². The standard InChI is InChI=1S/C21H24N4O3/c1-22-21(27)19(13-5-3-2-4-6-13)25-20(26)18-8-7-17(28-18)16-11-15-14(12-24-16)9-10-23-15/h7-13,19,23H,2-6H2,1H3,(H,22,27)(H,25,26). The summed E-state index contributed by atoms with van der Waals surface area (Å²) >= 11 is 0. The van der Waals surface area contributed by atoms with Gasteiger partial charge >= 0.3 is 0 Å². The SMILES string of the molecule is CNC(=O)C(NC(=O)c1ccc(-c2cc3[nH]ccc3cn2)o1)C1CCCCC1. The summed E-state index contributed by atoms with van der Waals surface area (Å²) in [7, 11) is 1.59. The van der Waals surface area contributed by atoms with Crippen LogP contribution in [0, 0.1) is 5.92 Å². The van der Waals surface area contributed by atoms with Crippen LogP contribution in [0.1, 0.15) is 42.7 Å². The molecule has 0 aliphatic heterocycles. The molecule has 1 aliphatic rings. The summed E-state index contributed by atoms with van der Waals surface area (Å²) in [5.41, 5.74) is 1.59. The van der Waals surface area contributed by atoms with Gasteiger partial charge in [0.15, 0.2) is 11.5 Å². The van der Waals surface area contributed by atoms with E-state index in [1.165, 1.54) is 6.42 Å². The maximum Gasteiger partial charge on any atom is 0.287 e. The van der Waals surface area contributed by atoms with E-state index in [4.69, 9.17) is 4.42 Å². The number of pyridine rings is 1. The number of nitrogens with one attached hydrogen (secondary N) is 3. The highest BCUT2D eigenvalue weighted by molar-refractivity contribution is 5.96. The summed E-state index contributed by atoms with van der Waals surface area (Å²) in [4.78, 5) is 32.6. The van der Waals surface area contributed by atoms with Gasteiger partial charge in [-0.25, -0.2) is 0 Å². The molecule has 3 heterocycles. The molecule has 0 saturated heterocycles. The van der Waals surface area contributed by atoms with Crippen molar-refractivity contribution in [3.8, 4) is 11.5 Å². The number of H-pyrrole nitrogens is 1. The number of hydrogen-bond acceptors (Lipinski definition) is 4. The third kappa shape index (κ3) is 3.65. The van der Waals surface area contributed by atoms with E-state index in [-0.39, 0.29) is 23.5 Å². The lowest BCUT2D eigenvalue weighted by atomic mass is 9.83. The average Bonchev–Trinajstić information content (AvgIpc) is 3.40. The Labute approximate surface area is 162 Å². The van der Waals surface area contributed by atoms with E-state index in [2.05, 4.69) is 20.6 Å². The molecule has 1 atom stereocenters. The van der Waals surface area contributed by atoms with Gasteiger partial charge in [0.25, 0.3) is 5.91 Å². The summed E-state index contributed by atoms with van der Waals surface area (Å²) in [6.07, 6.45) is 8.86. The van der Waals surface area contributed by atoms with E-state index in [9.17, 15) is 9.59 Å². The summed E-state index contributed by atoms with van der Waals surface area (Å²) < 4.78 is 5.74. The maximum atomic E-state index is 12.7. The second-order valence-corrected chi connectivity index (χ2v) is 7.26. The Morgan fingerprint density at radius 3 is 2.82 bits per heavy atom. The van der Waals surface area contributed by atoms with Crippen molar-refractivity contribution in [2.24, 2.45) is 5.92 Å². The number of fused-ring (bicyclic) bond motifs is 1. The third-order valence-electron chi connectivity index (χ3n) is 5.46. The first-order chi connectivity index (χ1) is 13.7. The lowest BCUT2D eigenvalue weighted by Crippen LogP contribution is -2.50. The number of nitrogens with zero attached hydrogens (tertiary/aromatic N) is 1. The molecule has 3 aromatic heterocycles. The highest BCUT2D eigenvalue weighted by atomic mass is 16.4. The molecular weight excluding hydrogens is 356 g/mol. The minimum Gasteiger partial charge on any atom is -0.449 e. The second-order valence-electron chi connectivity index (χ2n) is 7.26. The number of likely N-dealkylation sites (N-methyl/N-ethyl adjacent to an activating group) is 1. The van der Waals surface area contributed by atoms with Crippen LogP contribution in [0.2, 0.25) is 0 Å². The van der Waals surface area contributed by atoms with Gasteiger partial charge in [0, 0.05) is 30.3 Å². The van der Waals surface area contributed by atoms with E-state index in [0.717, 1.165) is 36.6 Å². The smallest absolute Gasteiger partial charge is 0.287 e. The first-order valence-corrected chi connectivity index (χ1v) is 9.71. The molecule has 7 heteroatoms. The molecule has 3 aromatic rings. The molecule has 4 rings (SSSR count). The highest BCUT2D eigenvalue weighted by Gasteiger charge is 2.31. The average molecular weight is 380 g/mol. The van der Waals surface area contributed by atoms with Gasteiger partial charge in [-0.1, -0.05) is 19.3 Å². The largest absolute Gasteiger partial charge is 0.449 e. The lowest BCUT2D eigenvalue weighted by Gasteiger charge is -2.29. The van der Waals surface area contributed by atoms with Gasteiger partial charge in [-0.3, -0.25) is 14.6 Å². The Hall–Kier alpha value is -3.09. The Balaban J connectivity index is 1.51. The molecule has 0 spiro atoms. The van der Waals surface area contributed by atoms with Crippen molar-refractivity contribution < 1.29 is 14.0 Å². The van der Waals surface area contributed by atoms with Crippen LogP contribution in [0.5, 0.6) is 0 Å². The number of aromatic nitrogens is 2. The molecule has 1 fully saturated rings. The van der Waals surface area contributed by atoms with Crippen molar-refractivity contribution in [2.75, 3.05) is 7.05 Å². The summed E-state index contributed by atoms with van der Waals surface area (Å²) in [6, 6.07) is 6.62. The van der Waals surface area contributed by atoms with E-state index in [0.29, 0.717) is 11.5 Å². The molecule has 1 unspecified atom stereocenters. The zero-order valence-corrected chi connectivity index (χ0v) is 15.8. The van der Waals surface area contributed by atoms with E-state index in [1.807, 2.05) is 18.3 Å². The van der Waals surface area contributed by atoms with Crippen molar-refractivity contribution in [1.82, 2.24) is 20.6 Å². The fourth-order valence-electron chi connectivity index (χ4n) is 3.91. The van der Waals surface area contributed by atoms with Crippen molar-refractivity contribution in [3.05, 3.63) is 42.4 Å². The van der Waals surface area contributed by atoms with Gasteiger partial charge < -0.3 is 20.0 Å². The van der Waals surface area contributed by atoms with Crippen molar-refractivity contribution in [3.63, 3.8) is 0 Å². The van der Waals surface area contributed by atoms with E-state index >= 15 is 0 Å². The molecule has 0 aromatic carbocycles. The molecule has 0 bridgehead atoms. The lowest BCUT2D eigenvalue weighted by molar-refractivity contribution is -0.124. The Kier molecular flexibility index (Phi) is 5.14. The number of rotatable bonds is 5. The summed E-state index contributed by atoms with van der Waals surface area (Å²) in [5, 5.41) is 6.55. The van der Waals surface area contributed by atoms with Crippen molar-refractivity contribution in [1.29, 1.82) is 0 Å². The quantitative estimate of drug-likeness (QED) is 0.632. The Morgan fingerprint density at radius 2 is 2.04 bits per heavy atom. The number of hydrogen-bond donors (Lipinski definition) is 3. The van der Waals surface area contributed by atoms with E-state index < -0.39 is 6.04 Å². The Morgan fingerprint density at radius 1 is 1.21 bits per heavy atom. The molecule has 2 amide bonds. The summed E-state index contributed by atoms with van der Waals surface area (Å²) in [5.74, 6) is 0.296. The topological polar surface area (TPSA) is 100 Å². The van der Waals surface area contributed by atoms with Gasteiger partial charge in [0.05, 0.1) is 0 Å². The summed E-state index contributed by atoms with van der Waals surface area (Å²) in [6.45, 7) is 0. The molecule has 1 saturated carbocycles. The van der Waals surface area contributed by atoms with Gasteiger partial charge in [-0.2, -0.15) is 0 Å². The molecule has 7 nitrogen and oxygen atoms in total. The van der Waals surface area contributed by atoms with E-state index in [1.54, 1.807) is 25.4 Å². The van der Waals surface area contributed by atoms with Gasteiger partial charge in [0.2, 0.25) is 5.91 Å². The predicted octanol–water partition coefficient (Wildman–Crippen LogP) is 3.25. The normalized spacial score (nSPS) is 16.0. The van der Waals surface area contributed by atoms with Gasteiger partial charge in [0.1, 0.15) is 11.7 Å². The number of carbonyl (C=O) groups excluding carboxylic acids is 2. The van der Waals surface area contributed by atoms with Crippen LogP contribution in [0.15, 0.2) is 41.1 Å². The van der Waals surface area contributed by atoms with Crippen LogP contribution in [0.3, 0.4) is 0 Å². The molecule has 146 valence electrons. The molecule has 28 heavy (non-hydrogen) atoms. The maximum absolute atomic E-state index is 12.7. The van der Waals surface area contributed by atoms with Crippen LogP contribution in [0.25, 0.3) is 22.4 Å².